The van der Waals surface area contributed by atoms with Gasteiger partial charge in [0.1, 0.15) is 6.29 Å². The molecule has 0 radical (unpaired) electrons. The molecule has 0 aromatic heterocycles. The SMILES string of the molecule is Br.O=Cc1ccc(Cl)cc1. The Kier molecular flexibility index (Phi) is 4.32. The van der Waals surface area contributed by atoms with Gasteiger partial charge in [0.15, 0.2) is 0 Å². The molecule has 0 amide bonds. The van der Waals surface area contributed by atoms with Crippen molar-refractivity contribution in [1.29, 1.82) is 0 Å². The molecule has 0 heterocycles. The van der Waals surface area contributed by atoms with Gasteiger partial charge in [0, 0.05) is 10.6 Å². The predicted octanol–water partition coefficient (Wildman–Crippen LogP) is 2.73. The van der Waals surface area contributed by atoms with Crippen LogP contribution >= 0.6 is 28.6 Å². The second-order valence-electron chi connectivity index (χ2n) is 1.67. The molecule has 0 aliphatic carbocycles. The highest BCUT2D eigenvalue weighted by Crippen LogP contribution is 2.07. The standard InChI is InChI=1S/C7H5ClO.BrH/c8-7-3-1-6(5-9)2-4-7;/h1-5H;1H. The van der Waals surface area contributed by atoms with Crippen molar-refractivity contribution in [1.82, 2.24) is 0 Å². The van der Waals surface area contributed by atoms with Crippen molar-refractivity contribution in [2.75, 3.05) is 0 Å². The van der Waals surface area contributed by atoms with E-state index in [0.717, 1.165) is 6.29 Å². The largest absolute Gasteiger partial charge is 0.298 e. The molecule has 0 spiro atoms. The Labute approximate surface area is 74.8 Å². The Balaban J connectivity index is 0.000000810. The van der Waals surface area contributed by atoms with E-state index in [2.05, 4.69) is 0 Å². The Hall–Kier alpha value is -0.340. The van der Waals surface area contributed by atoms with Gasteiger partial charge < -0.3 is 0 Å². The zero-order valence-electron chi connectivity index (χ0n) is 5.08. The molecule has 3 heteroatoms. The van der Waals surface area contributed by atoms with Crippen molar-refractivity contribution in [3.63, 3.8) is 0 Å². The molecule has 1 rings (SSSR count). The lowest BCUT2D eigenvalue weighted by Gasteiger charge is -1.87. The van der Waals surface area contributed by atoms with Gasteiger partial charge >= 0.3 is 0 Å². The van der Waals surface area contributed by atoms with E-state index in [1.165, 1.54) is 0 Å². The molecule has 1 aromatic carbocycles. The summed E-state index contributed by atoms with van der Waals surface area (Å²) in [6.45, 7) is 0. The second kappa shape index (κ2) is 4.47. The van der Waals surface area contributed by atoms with Gasteiger partial charge in [-0.15, -0.1) is 17.0 Å². The van der Waals surface area contributed by atoms with Crippen LogP contribution in [0.5, 0.6) is 0 Å². The molecule has 1 aromatic rings. The van der Waals surface area contributed by atoms with Gasteiger partial charge in [-0.1, -0.05) is 23.7 Å². The number of benzene rings is 1. The molecule has 0 saturated heterocycles. The van der Waals surface area contributed by atoms with E-state index >= 15 is 0 Å². The molecule has 10 heavy (non-hydrogen) atoms. The van der Waals surface area contributed by atoms with Crippen molar-refractivity contribution in [3.05, 3.63) is 34.9 Å². The number of aldehydes is 1. The lowest BCUT2D eigenvalue weighted by Crippen LogP contribution is -1.74. The van der Waals surface area contributed by atoms with E-state index in [4.69, 9.17) is 11.6 Å². The maximum Gasteiger partial charge on any atom is 0.150 e. The Morgan fingerprint density at radius 1 is 1.20 bits per heavy atom. The smallest absolute Gasteiger partial charge is 0.150 e. The monoisotopic (exact) mass is 220 g/mol. The van der Waals surface area contributed by atoms with Gasteiger partial charge in [-0.25, -0.2) is 0 Å². The van der Waals surface area contributed by atoms with Crippen LogP contribution in [-0.2, 0) is 0 Å². The quantitative estimate of drug-likeness (QED) is 0.667. The molecule has 1 nitrogen and oxygen atoms in total. The lowest BCUT2D eigenvalue weighted by atomic mass is 10.2. The fraction of sp³-hybridized carbons (Fsp3) is 0. The van der Waals surface area contributed by atoms with Gasteiger partial charge in [0.05, 0.1) is 0 Å². The molecule has 0 unspecified atom stereocenters. The molecular formula is C7H6BrClO. The van der Waals surface area contributed by atoms with E-state index in [9.17, 15) is 4.79 Å². The average molecular weight is 221 g/mol. The number of rotatable bonds is 1. The summed E-state index contributed by atoms with van der Waals surface area (Å²) in [7, 11) is 0. The topological polar surface area (TPSA) is 17.1 Å². The number of halogens is 2. The minimum Gasteiger partial charge on any atom is -0.298 e. The summed E-state index contributed by atoms with van der Waals surface area (Å²) in [6.07, 6.45) is 0.788. The zero-order valence-corrected chi connectivity index (χ0v) is 7.55. The third kappa shape index (κ3) is 2.50. The highest BCUT2D eigenvalue weighted by Gasteiger charge is 1.86. The van der Waals surface area contributed by atoms with Gasteiger partial charge in [0.2, 0.25) is 0 Å². The Morgan fingerprint density at radius 2 is 1.70 bits per heavy atom. The summed E-state index contributed by atoms with van der Waals surface area (Å²) in [4.78, 5) is 10.1. The van der Waals surface area contributed by atoms with E-state index in [1.807, 2.05) is 0 Å². The minimum atomic E-state index is 0. The Morgan fingerprint density at radius 3 is 2.10 bits per heavy atom. The van der Waals surface area contributed by atoms with Crippen LogP contribution in [0.2, 0.25) is 5.02 Å². The van der Waals surface area contributed by atoms with Crippen LogP contribution in [0.4, 0.5) is 0 Å². The lowest BCUT2D eigenvalue weighted by molar-refractivity contribution is 0.112. The third-order valence-electron chi connectivity index (χ3n) is 1.01. The average Bonchev–Trinajstić information content (AvgIpc) is 1.90. The fourth-order valence-corrected chi connectivity index (χ4v) is 0.667. The summed E-state index contributed by atoms with van der Waals surface area (Å²) < 4.78 is 0. The molecule has 0 saturated carbocycles. The first-order valence-corrected chi connectivity index (χ1v) is 2.91. The van der Waals surface area contributed by atoms with E-state index in [1.54, 1.807) is 24.3 Å². The van der Waals surface area contributed by atoms with Crippen LogP contribution in [0.1, 0.15) is 10.4 Å². The van der Waals surface area contributed by atoms with Crippen molar-refractivity contribution >= 4 is 34.9 Å². The van der Waals surface area contributed by atoms with E-state index < -0.39 is 0 Å². The number of hydrogen-bond acceptors (Lipinski definition) is 1. The summed E-state index contributed by atoms with van der Waals surface area (Å²) in [5.74, 6) is 0. The van der Waals surface area contributed by atoms with E-state index in [-0.39, 0.29) is 17.0 Å². The number of hydrogen-bond donors (Lipinski definition) is 0. The molecular weight excluding hydrogens is 215 g/mol. The van der Waals surface area contributed by atoms with Gasteiger partial charge in [-0.05, 0) is 12.1 Å². The fourth-order valence-electron chi connectivity index (χ4n) is 0.541. The molecule has 0 atom stereocenters. The second-order valence-corrected chi connectivity index (χ2v) is 2.11. The highest BCUT2D eigenvalue weighted by atomic mass is 79.9. The maximum absolute atomic E-state index is 10.1. The van der Waals surface area contributed by atoms with Crippen LogP contribution in [0.25, 0.3) is 0 Å². The first-order chi connectivity index (χ1) is 4.33. The molecule has 0 bridgehead atoms. The highest BCUT2D eigenvalue weighted by molar-refractivity contribution is 8.93. The van der Waals surface area contributed by atoms with Crippen LogP contribution in [-0.4, -0.2) is 6.29 Å². The van der Waals surface area contributed by atoms with Crippen molar-refractivity contribution in [2.24, 2.45) is 0 Å². The third-order valence-corrected chi connectivity index (χ3v) is 1.26. The minimum absolute atomic E-state index is 0. The summed E-state index contributed by atoms with van der Waals surface area (Å²) >= 11 is 5.55. The van der Waals surface area contributed by atoms with Crippen LogP contribution < -0.4 is 0 Å². The summed E-state index contributed by atoms with van der Waals surface area (Å²) in [5, 5.41) is 0.653. The molecule has 0 aliphatic rings. The van der Waals surface area contributed by atoms with Crippen molar-refractivity contribution in [3.8, 4) is 0 Å². The molecule has 0 fully saturated rings. The normalized spacial score (nSPS) is 8.10. The van der Waals surface area contributed by atoms with Crippen molar-refractivity contribution < 1.29 is 4.79 Å². The van der Waals surface area contributed by atoms with Crippen molar-refractivity contribution in [2.45, 2.75) is 0 Å². The van der Waals surface area contributed by atoms with Crippen LogP contribution in [0.3, 0.4) is 0 Å². The molecule has 0 N–H and O–H groups in total. The first-order valence-electron chi connectivity index (χ1n) is 2.53. The maximum atomic E-state index is 10.1. The number of carbonyl (C=O) groups is 1. The van der Waals surface area contributed by atoms with Gasteiger partial charge in [-0.2, -0.15) is 0 Å². The van der Waals surface area contributed by atoms with Crippen LogP contribution in [0, 0.1) is 0 Å². The molecule has 0 aliphatic heterocycles. The van der Waals surface area contributed by atoms with Gasteiger partial charge in [-0.3, -0.25) is 4.79 Å². The summed E-state index contributed by atoms with van der Waals surface area (Å²) in [5.41, 5.74) is 0.652. The zero-order chi connectivity index (χ0) is 6.69. The molecule has 54 valence electrons. The number of carbonyl (C=O) groups excluding carboxylic acids is 1. The van der Waals surface area contributed by atoms with E-state index in [0.29, 0.717) is 10.6 Å². The first kappa shape index (κ1) is 9.66. The van der Waals surface area contributed by atoms with Crippen LogP contribution in [0.15, 0.2) is 24.3 Å². The predicted molar refractivity (Wildman–Crippen MR) is 47.2 cm³/mol. The van der Waals surface area contributed by atoms with Gasteiger partial charge in [0.25, 0.3) is 0 Å². The Bertz CT molecular complexity index is 207. The summed E-state index contributed by atoms with van der Waals surface area (Å²) in [6, 6.07) is 6.72.